The molecule has 0 saturated carbocycles. The minimum atomic E-state index is -4.91. The lowest BCUT2D eigenvalue weighted by atomic mass is 10.3. The van der Waals surface area contributed by atoms with Crippen molar-refractivity contribution < 1.29 is 31.4 Å². The van der Waals surface area contributed by atoms with Gasteiger partial charge in [0, 0.05) is 6.61 Å². The molecule has 9 heteroatoms. The van der Waals surface area contributed by atoms with Crippen molar-refractivity contribution in [2.45, 2.75) is 12.8 Å². The number of para-hydroxylation sites is 2. The third-order valence-corrected chi connectivity index (χ3v) is 3.31. The minimum Gasteiger partial charge on any atom is -0.404 e. The molecular formula is C10H12F3NO4S. The Hall–Kier alpha value is -1.48. The molecule has 1 rings (SSSR count). The van der Waals surface area contributed by atoms with E-state index < -0.39 is 27.9 Å². The van der Waals surface area contributed by atoms with Gasteiger partial charge in [-0.2, -0.15) is 0 Å². The van der Waals surface area contributed by atoms with Crippen LogP contribution in [0.5, 0.6) is 5.75 Å². The predicted octanol–water partition coefficient (Wildman–Crippen LogP) is 1.71. The third kappa shape index (κ3) is 5.79. The Labute approximate surface area is 108 Å². The summed E-state index contributed by atoms with van der Waals surface area (Å²) in [5.41, 5.74) is -0.308. The highest BCUT2D eigenvalue weighted by Gasteiger charge is 2.32. The first-order chi connectivity index (χ1) is 8.73. The van der Waals surface area contributed by atoms with Gasteiger partial charge in [-0.15, -0.1) is 13.2 Å². The highest BCUT2D eigenvalue weighted by molar-refractivity contribution is 7.92. The summed E-state index contributed by atoms with van der Waals surface area (Å²) in [4.78, 5) is 0. The van der Waals surface area contributed by atoms with E-state index in [9.17, 15) is 21.6 Å². The lowest BCUT2D eigenvalue weighted by Gasteiger charge is -2.14. The van der Waals surface area contributed by atoms with E-state index in [-0.39, 0.29) is 18.7 Å². The summed E-state index contributed by atoms with van der Waals surface area (Å²) in [6.45, 7) is -0.332. The minimum absolute atomic E-state index is 0.0162. The van der Waals surface area contributed by atoms with Crippen LogP contribution in [0.4, 0.5) is 18.9 Å². The van der Waals surface area contributed by atoms with Crippen LogP contribution >= 0.6 is 0 Å². The fourth-order valence-corrected chi connectivity index (χ4v) is 2.35. The molecule has 0 fully saturated rings. The van der Waals surface area contributed by atoms with Gasteiger partial charge in [0.25, 0.3) is 0 Å². The summed E-state index contributed by atoms with van der Waals surface area (Å²) in [7, 11) is -3.83. The van der Waals surface area contributed by atoms with Gasteiger partial charge in [0.05, 0.1) is 11.4 Å². The van der Waals surface area contributed by atoms with E-state index in [1.165, 1.54) is 12.1 Å². The number of sulfonamides is 1. The number of benzene rings is 1. The number of anilines is 1. The van der Waals surface area contributed by atoms with Crippen molar-refractivity contribution in [3.8, 4) is 5.75 Å². The molecule has 19 heavy (non-hydrogen) atoms. The Morgan fingerprint density at radius 3 is 2.47 bits per heavy atom. The third-order valence-electron chi connectivity index (χ3n) is 1.95. The van der Waals surface area contributed by atoms with Gasteiger partial charge in [0.2, 0.25) is 10.0 Å². The largest absolute Gasteiger partial charge is 0.573 e. The molecule has 0 aliphatic carbocycles. The Balaban J connectivity index is 2.89. The zero-order valence-electron chi connectivity index (χ0n) is 9.64. The summed E-state index contributed by atoms with van der Waals surface area (Å²) < 4.78 is 65.1. The van der Waals surface area contributed by atoms with Gasteiger partial charge < -0.3 is 9.84 Å². The summed E-state index contributed by atoms with van der Waals surface area (Å²) in [5.74, 6) is -1.04. The van der Waals surface area contributed by atoms with Crippen LogP contribution < -0.4 is 9.46 Å². The number of halogens is 3. The number of nitrogens with one attached hydrogen (secondary N) is 1. The molecule has 108 valence electrons. The van der Waals surface area contributed by atoms with Crippen LogP contribution in [0.25, 0.3) is 0 Å². The number of hydrogen-bond donors (Lipinski definition) is 2. The molecule has 0 aliphatic rings. The fourth-order valence-electron chi connectivity index (χ4n) is 1.24. The maximum Gasteiger partial charge on any atom is 0.573 e. The molecule has 0 atom stereocenters. The Morgan fingerprint density at radius 2 is 1.89 bits per heavy atom. The molecule has 0 bridgehead atoms. The molecule has 1 aromatic rings. The van der Waals surface area contributed by atoms with Gasteiger partial charge in [0.1, 0.15) is 0 Å². The number of aliphatic hydroxyl groups is 1. The molecule has 0 amide bonds. The second kappa shape index (κ2) is 6.11. The SMILES string of the molecule is O=S(=O)(CCCO)Nc1ccccc1OC(F)(F)F. The normalized spacial score (nSPS) is 12.2. The summed E-state index contributed by atoms with van der Waals surface area (Å²) in [5, 5.41) is 8.54. The van der Waals surface area contributed by atoms with Gasteiger partial charge in [-0.3, -0.25) is 4.72 Å². The molecule has 0 spiro atoms. The highest BCUT2D eigenvalue weighted by atomic mass is 32.2. The summed E-state index contributed by atoms with van der Waals surface area (Å²) in [6.07, 6.45) is -4.93. The molecular weight excluding hydrogens is 287 g/mol. The van der Waals surface area contributed by atoms with Gasteiger partial charge in [0.15, 0.2) is 5.75 Å². The molecule has 0 aromatic heterocycles. The first-order valence-electron chi connectivity index (χ1n) is 5.19. The van der Waals surface area contributed by atoms with Gasteiger partial charge in [-0.25, -0.2) is 8.42 Å². The standard InChI is InChI=1S/C10H12F3NO4S/c11-10(12,13)18-9-5-2-1-4-8(9)14-19(16,17)7-3-6-15/h1-2,4-5,14-15H,3,6-7H2. The lowest BCUT2D eigenvalue weighted by molar-refractivity contribution is -0.274. The number of rotatable bonds is 6. The predicted molar refractivity (Wildman–Crippen MR) is 62.2 cm³/mol. The summed E-state index contributed by atoms with van der Waals surface area (Å²) >= 11 is 0. The van der Waals surface area contributed by atoms with Gasteiger partial charge in [-0.1, -0.05) is 12.1 Å². The lowest BCUT2D eigenvalue weighted by Crippen LogP contribution is -2.21. The second-order valence-electron chi connectivity index (χ2n) is 3.54. The van der Waals surface area contributed by atoms with E-state index in [1.807, 2.05) is 4.72 Å². The Bertz CT molecular complexity index is 516. The monoisotopic (exact) mass is 299 g/mol. The van der Waals surface area contributed by atoms with Crippen LogP contribution in [-0.4, -0.2) is 32.2 Å². The summed E-state index contributed by atoms with van der Waals surface area (Å²) in [6, 6.07) is 4.80. The van der Waals surface area contributed by atoms with Crippen LogP contribution in [-0.2, 0) is 10.0 Å². The topological polar surface area (TPSA) is 75.6 Å². The van der Waals surface area contributed by atoms with Crippen LogP contribution in [0.3, 0.4) is 0 Å². The maximum absolute atomic E-state index is 12.1. The van der Waals surface area contributed by atoms with Crippen LogP contribution in [0.1, 0.15) is 6.42 Å². The molecule has 0 radical (unpaired) electrons. The maximum atomic E-state index is 12.1. The van der Waals surface area contributed by atoms with E-state index in [2.05, 4.69) is 4.74 Å². The van der Waals surface area contributed by atoms with Crippen molar-refractivity contribution in [1.82, 2.24) is 0 Å². The van der Waals surface area contributed by atoms with E-state index in [1.54, 1.807) is 0 Å². The van der Waals surface area contributed by atoms with Crippen molar-refractivity contribution in [2.24, 2.45) is 0 Å². The van der Waals surface area contributed by atoms with Gasteiger partial charge >= 0.3 is 6.36 Å². The number of alkyl halides is 3. The van der Waals surface area contributed by atoms with E-state index >= 15 is 0 Å². The molecule has 0 unspecified atom stereocenters. The zero-order valence-corrected chi connectivity index (χ0v) is 10.5. The molecule has 1 aromatic carbocycles. The first-order valence-corrected chi connectivity index (χ1v) is 6.85. The van der Waals surface area contributed by atoms with Crippen LogP contribution in [0.2, 0.25) is 0 Å². The van der Waals surface area contributed by atoms with E-state index in [0.717, 1.165) is 12.1 Å². The smallest absolute Gasteiger partial charge is 0.404 e. The Kier molecular flexibility index (Phi) is 5.01. The van der Waals surface area contributed by atoms with Crippen molar-refractivity contribution in [3.05, 3.63) is 24.3 Å². The average molecular weight is 299 g/mol. The number of hydrogen-bond acceptors (Lipinski definition) is 4. The van der Waals surface area contributed by atoms with Crippen molar-refractivity contribution >= 4 is 15.7 Å². The molecule has 0 aliphatic heterocycles. The highest BCUT2D eigenvalue weighted by Crippen LogP contribution is 2.30. The number of aliphatic hydroxyl groups excluding tert-OH is 1. The first kappa shape index (κ1) is 15.6. The van der Waals surface area contributed by atoms with Crippen molar-refractivity contribution in [3.63, 3.8) is 0 Å². The van der Waals surface area contributed by atoms with Crippen molar-refractivity contribution in [1.29, 1.82) is 0 Å². The molecule has 5 nitrogen and oxygen atoms in total. The molecule has 0 heterocycles. The van der Waals surface area contributed by atoms with E-state index in [0.29, 0.717) is 0 Å². The zero-order chi connectivity index (χ0) is 14.5. The Morgan fingerprint density at radius 1 is 1.26 bits per heavy atom. The van der Waals surface area contributed by atoms with Crippen LogP contribution in [0, 0.1) is 0 Å². The quantitative estimate of drug-likeness (QED) is 0.838. The molecule has 0 saturated heterocycles. The average Bonchev–Trinajstić information content (AvgIpc) is 2.27. The number of ether oxygens (including phenoxy) is 1. The van der Waals surface area contributed by atoms with E-state index in [4.69, 9.17) is 5.11 Å². The molecule has 2 N–H and O–H groups in total. The van der Waals surface area contributed by atoms with Crippen LogP contribution in [0.15, 0.2) is 24.3 Å². The van der Waals surface area contributed by atoms with Gasteiger partial charge in [-0.05, 0) is 18.6 Å². The second-order valence-corrected chi connectivity index (χ2v) is 5.38. The fraction of sp³-hybridized carbons (Fsp3) is 0.400. The van der Waals surface area contributed by atoms with Crippen molar-refractivity contribution in [2.75, 3.05) is 17.1 Å².